The van der Waals surface area contributed by atoms with E-state index in [0.29, 0.717) is 5.95 Å². The van der Waals surface area contributed by atoms with E-state index in [0.717, 1.165) is 44.4 Å². The molecule has 4 nitrogen and oxygen atoms in total. The Bertz CT molecular complexity index is 2560. The molecule has 0 saturated carbocycles. The van der Waals surface area contributed by atoms with Gasteiger partial charge in [0.1, 0.15) is 11.2 Å². The summed E-state index contributed by atoms with van der Waals surface area (Å²) in [5, 5.41) is 10.5. The van der Waals surface area contributed by atoms with E-state index in [1.165, 1.54) is 43.1 Å². The highest BCUT2D eigenvalue weighted by molar-refractivity contribution is 6.36. The Morgan fingerprint density at radius 1 is 0.429 bits per heavy atom. The second kappa shape index (κ2) is 7.93. The van der Waals surface area contributed by atoms with E-state index in [-0.39, 0.29) is 0 Å². The molecule has 0 bridgehead atoms. The topological polar surface area (TPSA) is 43.9 Å². The monoisotopic (exact) mass is 535 g/mol. The van der Waals surface area contributed by atoms with Gasteiger partial charge in [0.25, 0.3) is 0 Å². The summed E-state index contributed by atoms with van der Waals surface area (Å²) in [6.45, 7) is 0. The Labute approximate surface area is 239 Å². The third-order valence-electron chi connectivity index (χ3n) is 8.76. The molecular weight excluding hydrogens is 514 g/mol. The fourth-order valence-electron chi connectivity index (χ4n) is 7.07. The highest BCUT2D eigenvalue weighted by Crippen LogP contribution is 2.45. The van der Waals surface area contributed by atoms with Crippen molar-refractivity contribution in [2.45, 2.75) is 0 Å². The zero-order valence-corrected chi connectivity index (χ0v) is 22.4. The zero-order valence-electron chi connectivity index (χ0n) is 22.4. The summed E-state index contributed by atoms with van der Waals surface area (Å²) in [5.41, 5.74) is 6.91. The van der Waals surface area contributed by atoms with Gasteiger partial charge in [0.15, 0.2) is 0 Å². The molecule has 3 heterocycles. The number of nitrogens with zero attached hydrogens (tertiary/aromatic N) is 3. The fourth-order valence-corrected chi connectivity index (χ4v) is 7.07. The van der Waals surface area contributed by atoms with E-state index in [9.17, 15) is 0 Å². The zero-order chi connectivity index (χ0) is 27.4. The minimum absolute atomic E-state index is 0.666. The second-order valence-corrected chi connectivity index (χ2v) is 10.9. The van der Waals surface area contributed by atoms with Gasteiger partial charge in [-0.2, -0.15) is 0 Å². The maximum absolute atomic E-state index is 6.40. The highest BCUT2D eigenvalue weighted by atomic mass is 16.3. The number of benzene rings is 6. The Balaban J connectivity index is 1.46. The van der Waals surface area contributed by atoms with Crippen molar-refractivity contribution in [3.8, 4) is 17.2 Å². The molecule has 0 amide bonds. The SMILES string of the molecule is c1ccc(-c2nc(-n3c4cccc5c6cccc7oc8cccc(c9cccc3c9c54)c8c76)nc3ccccc23)cc1. The van der Waals surface area contributed by atoms with Crippen LogP contribution in [0.1, 0.15) is 0 Å². The molecule has 0 radical (unpaired) electrons. The van der Waals surface area contributed by atoms with E-state index < -0.39 is 0 Å². The van der Waals surface area contributed by atoms with Crippen LogP contribution in [-0.2, 0) is 0 Å². The molecule has 0 aliphatic carbocycles. The normalized spacial score (nSPS) is 12.3. The van der Waals surface area contributed by atoms with E-state index in [2.05, 4.69) is 120 Å². The van der Waals surface area contributed by atoms with E-state index in [1.807, 2.05) is 12.1 Å². The molecule has 10 rings (SSSR count). The van der Waals surface area contributed by atoms with Crippen molar-refractivity contribution < 1.29 is 4.42 Å². The van der Waals surface area contributed by atoms with Crippen LogP contribution in [0.15, 0.2) is 132 Å². The van der Waals surface area contributed by atoms with Crippen LogP contribution in [0.4, 0.5) is 0 Å². The van der Waals surface area contributed by atoms with Gasteiger partial charge in [-0.1, -0.05) is 97.1 Å². The van der Waals surface area contributed by atoms with Crippen LogP contribution < -0.4 is 0 Å². The van der Waals surface area contributed by atoms with Crippen LogP contribution >= 0.6 is 0 Å². The van der Waals surface area contributed by atoms with Gasteiger partial charge >= 0.3 is 0 Å². The summed E-state index contributed by atoms with van der Waals surface area (Å²) < 4.78 is 8.64. The number of rotatable bonds is 2. The standard InChI is InChI=1S/C38H21N3O/c1-2-10-22(11-3-1)37-27-12-4-5-17-28(27)39-38(40-37)41-29-18-6-13-23-25-15-8-20-31-35(25)36-26(16-9-21-32(36)42-31)24-14-7-19-30(41)34(24)33(23)29/h1-21H. The smallest absolute Gasteiger partial charge is 0.235 e. The molecule has 3 aromatic heterocycles. The average molecular weight is 536 g/mol. The van der Waals surface area contributed by atoms with Gasteiger partial charge in [0.2, 0.25) is 5.95 Å². The molecule has 0 spiro atoms. The largest absolute Gasteiger partial charge is 0.456 e. The van der Waals surface area contributed by atoms with Crippen LogP contribution in [0.3, 0.4) is 0 Å². The molecule has 0 aliphatic rings. The van der Waals surface area contributed by atoms with Gasteiger partial charge < -0.3 is 4.42 Å². The van der Waals surface area contributed by atoms with Gasteiger partial charge in [0.05, 0.1) is 22.2 Å². The van der Waals surface area contributed by atoms with Crippen LogP contribution in [0.5, 0.6) is 0 Å². The molecule has 194 valence electrons. The summed E-state index contributed by atoms with van der Waals surface area (Å²) in [5.74, 6) is 0.666. The molecule has 0 aliphatic heterocycles. The van der Waals surface area contributed by atoms with Crippen LogP contribution in [0.2, 0.25) is 0 Å². The molecule has 42 heavy (non-hydrogen) atoms. The number of furan rings is 1. The molecule has 10 aromatic rings. The van der Waals surface area contributed by atoms with Crippen LogP contribution in [-0.4, -0.2) is 14.5 Å². The average Bonchev–Trinajstić information content (AvgIpc) is 3.60. The Kier molecular flexibility index (Phi) is 4.15. The maximum atomic E-state index is 6.40. The summed E-state index contributed by atoms with van der Waals surface area (Å²) in [6, 6.07) is 44.6. The first kappa shape index (κ1) is 22.0. The second-order valence-electron chi connectivity index (χ2n) is 10.9. The Morgan fingerprint density at radius 2 is 0.952 bits per heavy atom. The fraction of sp³-hybridized carbons (Fsp3) is 0. The lowest BCUT2D eigenvalue weighted by atomic mass is 9.95. The van der Waals surface area contributed by atoms with Crippen molar-refractivity contribution in [1.29, 1.82) is 0 Å². The predicted molar refractivity (Wildman–Crippen MR) is 173 cm³/mol. The van der Waals surface area contributed by atoms with Crippen molar-refractivity contribution >= 4 is 76.2 Å². The molecule has 0 N–H and O–H groups in total. The lowest BCUT2D eigenvalue weighted by Gasteiger charge is -2.11. The lowest BCUT2D eigenvalue weighted by Crippen LogP contribution is -2.03. The molecule has 4 heteroatoms. The van der Waals surface area contributed by atoms with Crippen molar-refractivity contribution in [3.05, 3.63) is 127 Å². The molecule has 0 fully saturated rings. The van der Waals surface area contributed by atoms with E-state index in [4.69, 9.17) is 14.4 Å². The van der Waals surface area contributed by atoms with Gasteiger partial charge in [-0.15, -0.1) is 0 Å². The summed E-state index contributed by atoms with van der Waals surface area (Å²) >= 11 is 0. The molecule has 0 unspecified atom stereocenters. The van der Waals surface area contributed by atoms with Crippen LogP contribution in [0.25, 0.3) is 93.4 Å². The Morgan fingerprint density at radius 3 is 1.60 bits per heavy atom. The molecule has 0 saturated heterocycles. The Hall–Kier alpha value is -5.74. The minimum Gasteiger partial charge on any atom is -0.456 e. The minimum atomic E-state index is 0.666. The summed E-state index contributed by atoms with van der Waals surface area (Å²) in [7, 11) is 0. The highest BCUT2D eigenvalue weighted by Gasteiger charge is 2.22. The van der Waals surface area contributed by atoms with Gasteiger partial charge in [-0.3, -0.25) is 4.57 Å². The van der Waals surface area contributed by atoms with Crippen molar-refractivity contribution in [1.82, 2.24) is 14.5 Å². The van der Waals surface area contributed by atoms with Crippen molar-refractivity contribution in [2.24, 2.45) is 0 Å². The number of fused-ring (bicyclic) bond motifs is 3. The maximum Gasteiger partial charge on any atom is 0.235 e. The molecular formula is C38H21N3O. The predicted octanol–water partition coefficient (Wildman–Crippen LogP) is 10.0. The van der Waals surface area contributed by atoms with Crippen molar-refractivity contribution in [3.63, 3.8) is 0 Å². The van der Waals surface area contributed by atoms with Crippen LogP contribution in [0, 0.1) is 0 Å². The van der Waals surface area contributed by atoms with E-state index in [1.54, 1.807) is 0 Å². The number of aromatic nitrogens is 3. The number of hydrogen-bond donors (Lipinski definition) is 0. The third-order valence-corrected chi connectivity index (χ3v) is 8.76. The van der Waals surface area contributed by atoms with Gasteiger partial charge in [-0.05, 0) is 51.9 Å². The first-order valence-electron chi connectivity index (χ1n) is 14.2. The molecule has 7 aromatic carbocycles. The number of hydrogen-bond acceptors (Lipinski definition) is 3. The van der Waals surface area contributed by atoms with Gasteiger partial charge in [-0.25, -0.2) is 9.97 Å². The third kappa shape index (κ3) is 2.76. The van der Waals surface area contributed by atoms with E-state index >= 15 is 0 Å². The summed E-state index contributed by atoms with van der Waals surface area (Å²) in [6.07, 6.45) is 0. The summed E-state index contributed by atoms with van der Waals surface area (Å²) in [4.78, 5) is 10.5. The number of para-hydroxylation sites is 1. The molecule has 0 atom stereocenters. The first-order valence-corrected chi connectivity index (χ1v) is 14.2. The lowest BCUT2D eigenvalue weighted by molar-refractivity contribution is 0.669. The van der Waals surface area contributed by atoms with Crippen molar-refractivity contribution in [2.75, 3.05) is 0 Å². The first-order chi connectivity index (χ1) is 20.8. The quantitative estimate of drug-likeness (QED) is 0.221. The van der Waals surface area contributed by atoms with Gasteiger partial charge in [0, 0.05) is 32.5 Å².